The molecule has 0 saturated heterocycles. The van der Waals surface area contributed by atoms with Crippen LogP contribution in [0.3, 0.4) is 0 Å². The van der Waals surface area contributed by atoms with Crippen LogP contribution in [0.4, 0.5) is 4.79 Å². The summed E-state index contributed by atoms with van der Waals surface area (Å²) in [4.78, 5) is 33.8. The summed E-state index contributed by atoms with van der Waals surface area (Å²) < 4.78 is 9.23. The maximum absolute atomic E-state index is 11.7. The highest BCUT2D eigenvalue weighted by molar-refractivity contribution is 7.81. The molecule has 0 saturated carbocycles. The zero-order valence-electron chi connectivity index (χ0n) is 13.5. The van der Waals surface area contributed by atoms with E-state index in [1.807, 2.05) is 0 Å². The molecule has 0 aromatic heterocycles. The molecule has 3 atom stereocenters. The average molecular weight is 368 g/mol. The summed E-state index contributed by atoms with van der Waals surface area (Å²) in [6.45, 7) is 6.05. The van der Waals surface area contributed by atoms with Gasteiger partial charge in [0, 0.05) is 17.4 Å². The summed E-state index contributed by atoms with van der Waals surface area (Å²) in [5.74, 6) is -1.09. The second-order valence-electron chi connectivity index (χ2n) is 5.46. The lowest BCUT2D eigenvalue weighted by molar-refractivity contribution is -0.140. The van der Waals surface area contributed by atoms with Gasteiger partial charge in [-0.15, -0.1) is 0 Å². The van der Waals surface area contributed by atoms with Gasteiger partial charge < -0.3 is 25.2 Å². The Labute approximate surface area is 146 Å². The number of carbonyl (C=O) groups excluding carboxylic acids is 2. The molecule has 0 heterocycles. The van der Waals surface area contributed by atoms with Crippen LogP contribution in [0.25, 0.3) is 0 Å². The van der Waals surface area contributed by atoms with Crippen LogP contribution in [0.15, 0.2) is 0 Å². The van der Waals surface area contributed by atoms with E-state index >= 15 is 0 Å². The van der Waals surface area contributed by atoms with Gasteiger partial charge in [0.15, 0.2) is 0 Å². The zero-order chi connectivity index (χ0) is 18.2. The molecule has 0 aliphatic heterocycles. The van der Waals surface area contributed by atoms with Crippen molar-refractivity contribution >= 4 is 43.2 Å². The lowest BCUT2D eigenvalue weighted by Crippen LogP contribution is -2.52. The molecule has 0 radical (unpaired) electrons. The van der Waals surface area contributed by atoms with Gasteiger partial charge in [-0.05, 0) is 20.8 Å². The standard InChI is InChI=1S/C13H24N2O6S2/c1-7(16)14-9(6-22)5-20-8(2)21-12(19)15-10(11(17)18)13(3,4)23/h8-10,22-23H,5-6H2,1-4H3,(H,14,16)(H,15,19)(H,17,18)/t8-,9+,10?/m0/s1. The topological polar surface area (TPSA) is 114 Å². The molecular weight excluding hydrogens is 344 g/mol. The first-order chi connectivity index (χ1) is 10.5. The Bertz CT molecular complexity index is 427. The summed E-state index contributed by atoms with van der Waals surface area (Å²) in [6.07, 6.45) is -1.86. The SMILES string of the molecule is CC(=O)N[C@@H](CS)CO[C@H](C)OC(=O)NC(C(=O)O)C(C)(C)S. The lowest BCUT2D eigenvalue weighted by Gasteiger charge is -2.27. The highest BCUT2D eigenvalue weighted by Gasteiger charge is 2.34. The molecule has 134 valence electrons. The Balaban J connectivity index is 4.38. The number of thiol groups is 2. The molecule has 1 unspecified atom stereocenters. The molecule has 0 rings (SSSR count). The Kier molecular flexibility index (Phi) is 9.40. The van der Waals surface area contributed by atoms with Crippen molar-refractivity contribution in [2.75, 3.05) is 12.4 Å². The Morgan fingerprint density at radius 2 is 1.83 bits per heavy atom. The molecule has 0 aromatic carbocycles. The normalized spacial score (nSPS) is 15.2. The number of nitrogens with one attached hydrogen (secondary N) is 2. The predicted octanol–water partition coefficient (Wildman–Crippen LogP) is 0.671. The fourth-order valence-corrected chi connectivity index (χ4v) is 1.93. The molecule has 0 aromatic rings. The van der Waals surface area contributed by atoms with Crippen LogP contribution in [0.1, 0.15) is 27.7 Å². The number of carbonyl (C=O) groups is 3. The number of rotatable bonds is 9. The minimum Gasteiger partial charge on any atom is -0.480 e. The van der Waals surface area contributed by atoms with Crippen LogP contribution in [0.5, 0.6) is 0 Å². The second-order valence-corrected chi connectivity index (χ2v) is 6.97. The highest BCUT2D eigenvalue weighted by atomic mass is 32.1. The Morgan fingerprint density at radius 3 is 2.22 bits per heavy atom. The van der Waals surface area contributed by atoms with Gasteiger partial charge in [0.25, 0.3) is 0 Å². The third-order valence-corrected chi connectivity index (χ3v) is 3.35. The summed E-state index contributed by atoms with van der Waals surface area (Å²) in [7, 11) is 0. The van der Waals surface area contributed by atoms with Gasteiger partial charge in [-0.2, -0.15) is 25.3 Å². The number of aliphatic carboxylic acids is 1. The summed E-state index contributed by atoms with van der Waals surface area (Å²) >= 11 is 8.21. The molecule has 23 heavy (non-hydrogen) atoms. The Hall–Kier alpha value is -1.13. The molecule has 0 bridgehead atoms. The van der Waals surface area contributed by atoms with Gasteiger partial charge in [-0.25, -0.2) is 9.59 Å². The third kappa shape index (κ3) is 9.57. The van der Waals surface area contributed by atoms with Crippen molar-refractivity contribution in [1.82, 2.24) is 10.6 Å². The highest BCUT2D eigenvalue weighted by Crippen LogP contribution is 2.18. The summed E-state index contributed by atoms with van der Waals surface area (Å²) in [5.41, 5.74) is 0. The smallest absolute Gasteiger partial charge is 0.410 e. The maximum atomic E-state index is 11.7. The largest absolute Gasteiger partial charge is 0.480 e. The minimum absolute atomic E-state index is 0.0952. The summed E-state index contributed by atoms with van der Waals surface area (Å²) in [6, 6.07) is -1.55. The second kappa shape index (κ2) is 9.89. The number of amides is 2. The van der Waals surface area contributed by atoms with Gasteiger partial charge in [0.2, 0.25) is 12.2 Å². The first-order valence-corrected chi connectivity index (χ1v) is 7.97. The monoisotopic (exact) mass is 368 g/mol. The van der Waals surface area contributed by atoms with E-state index in [4.69, 9.17) is 14.6 Å². The van der Waals surface area contributed by atoms with Crippen LogP contribution in [-0.2, 0) is 19.1 Å². The molecule has 8 nitrogen and oxygen atoms in total. The number of hydrogen-bond donors (Lipinski definition) is 5. The maximum Gasteiger partial charge on any atom is 0.410 e. The van der Waals surface area contributed by atoms with Crippen molar-refractivity contribution in [3.63, 3.8) is 0 Å². The van der Waals surface area contributed by atoms with E-state index in [0.29, 0.717) is 5.75 Å². The zero-order valence-corrected chi connectivity index (χ0v) is 15.3. The fourth-order valence-electron chi connectivity index (χ4n) is 1.56. The van der Waals surface area contributed by atoms with E-state index in [1.54, 1.807) is 13.8 Å². The quantitative estimate of drug-likeness (QED) is 0.302. The van der Waals surface area contributed by atoms with Crippen LogP contribution < -0.4 is 10.6 Å². The molecule has 0 spiro atoms. The average Bonchev–Trinajstić information content (AvgIpc) is 2.38. The number of carboxylic acid groups (broad SMARTS) is 1. The van der Waals surface area contributed by atoms with Gasteiger partial charge in [-0.1, -0.05) is 0 Å². The predicted molar refractivity (Wildman–Crippen MR) is 91.0 cm³/mol. The van der Waals surface area contributed by atoms with Crippen LogP contribution in [-0.4, -0.2) is 58.6 Å². The van der Waals surface area contributed by atoms with E-state index in [-0.39, 0.29) is 18.6 Å². The number of hydrogen-bond acceptors (Lipinski definition) is 7. The minimum atomic E-state index is -1.23. The molecular formula is C13H24N2O6S2. The molecule has 0 aliphatic rings. The summed E-state index contributed by atoms with van der Waals surface area (Å²) in [5, 5.41) is 13.9. The number of ether oxygens (including phenoxy) is 2. The first-order valence-electron chi connectivity index (χ1n) is 6.89. The van der Waals surface area contributed by atoms with Gasteiger partial charge in [0.1, 0.15) is 6.04 Å². The van der Waals surface area contributed by atoms with Gasteiger partial charge >= 0.3 is 12.1 Å². The molecule has 0 aliphatic carbocycles. The van der Waals surface area contributed by atoms with Crippen molar-refractivity contribution in [2.45, 2.75) is 50.8 Å². The van der Waals surface area contributed by atoms with Crippen molar-refractivity contribution in [3.05, 3.63) is 0 Å². The van der Waals surface area contributed by atoms with Gasteiger partial charge in [0.05, 0.1) is 12.6 Å². The fraction of sp³-hybridized carbons (Fsp3) is 0.769. The van der Waals surface area contributed by atoms with E-state index in [0.717, 1.165) is 0 Å². The third-order valence-electron chi connectivity index (χ3n) is 2.65. The number of carboxylic acids is 1. The van der Waals surface area contributed by atoms with Crippen molar-refractivity contribution in [2.24, 2.45) is 0 Å². The van der Waals surface area contributed by atoms with E-state index < -0.39 is 29.1 Å². The molecule has 0 fully saturated rings. The van der Waals surface area contributed by atoms with Crippen molar-refractivity contribution in [1.29, 1.82) is 0 Å². The molecule has 2 amide bonds. The van der Waals surface area contributed by atoms with Crippen LogP contribution >= 0.6 is 25.3 Å². The first kappa shape index (κ1) is 21.9. The van der Waals surface area contributed by atoms with Gasteiger partial charge in [-0.3, -0.25) is 4.79 Å². The Morgan fingerprint density at radius 1 is 1.26 bits per heavy atom. The van der Waals surface area contributed by atoms with Crippen LogP contribution in [0, 0.1) is 0 Å². The van der Waals surface area contributed by atoms with Crippen molar-refractivity contribution < 1.29 is 29.0 Å². The number of alkyl carbamates (subject to hydrolysis) is 1. The van der Waals surface area contributed by atoms with E-state index in [2.05, 4.69) is 35.9 Å². The molecule has 10 heteroatoms. The molecule has 3 N–H and O–H groups in total. The lowest BCUT2D eigenvalue weighted by atomic mass is 10.0. The van der Waals surface area contributed by atoms with Crippen LogP contribution in [0.2, 0.25) is 0 Å². The van der Waals surface area contributed by atoms with E-state index in [1.165, 1.54) is 13.8 Å². The van der Waals surface area contributed by atoms with Crippen molar-refractivity contribution in [3.8, 4) is 0 Å². The van der Waals surface area contributed by atoms with E-state index in [9.17, 15) is 14.4 Å².